The van der Waals surface area contributed by atoms with Gasteiger partial charge in [-0.05, 0) is 42.7 Å². The Labute approximate surface area is 187 Å². The fraction of sp³-hybridized carbons (Fsp3) is 0.273. The lowest BCUT2D eigenvalue weighted by atomic mass is 9.96. The molecule has 0 radical (unpaired) electrons. The molecule has 2 amide bonds. The molecule has 1 aromatic heterocycles. The smallest absolute Gasteiger partial charge is 0.253 e. The molecule has 1 atom stereocenters. The molecule has 0 bridgehead atoms. The molecule has 0 aliphatic carbocycles. The van der Waals surface area contributed by atoms with E-state index >= 15 is 0 Å². The topological polar surface area (TPSA) is 75.2 Å². The summed E-state index contributed by atoms with van der Waals surface area (Å²) in [6.07, 6.45) is 1.44. The van der Waals surface area contributed by atoms with E-state index in [4.69, 9.17) is 0 Å². The van der Waals surface area contributed by atoms with E-state index in [2.05, 4.69) is 27.6 Å². The molecule has 31 heavy (non-hydrogen) atoms. The fourth-order valence-corrected chi connectivity index (χ4v) is 5.11. The summed E-state index contributed by atoms with van der Waals surface area (Å²) in [6.45, 7) is 0.912. The highest BCUT2D eigenvalue weighted by Crippen LogP contribution is 2.29. The Kier molecular flexibility index (Phi) is 6.93. The number of aromatic nitrogens is 2. The van der Waals surface area contributed by atoms with Crippen LogP contribution in [0.2, 0.25) is 0 Å². The first-order valence-electron chi connectivity index (χ1n) is 9.94. The van der Waals surface area contributed by atoms with E-state index < -0.39 is 0 Å². The van der Waals surface area contributed by atoms with Crippen LogP contribution in [0.3, 0.4) is 0 Å². The Bertz CT molecular complexity index is 1040. The third-order valence-electron chi connectivity index (χ3n) is 5.01. The molecule has 1 aliphatic rings. The van der Waals surface area contributed by atoms with Gasteiger partial charge in [0, 0.05) is 24.4 Å². The molecule has 2 heterocycles. The highest BCUT2D eigenvalue weighted by Gasteiger charge is 2.29. The standard InChI is InChI=1S/C22H21FN4O2S2/c23-18-10-8-16(9-11-18)20(29)27-12-4-7-17(13-27)19(28)24-21-25-26-22(31-21)30-14-15-5-2-1-3-6-15/h1-3,5-6,8-11,17H,4,7,12-14H2,(H,24,25,28). The average molecular weight is 457 g/mol. The number of halogens is 1. The summed E-state index contributed by atoms with van der Waals surface area (Å²) < 4.78 is 13.9. The minimum Gasteiger partial charge on any atom is -0.338 e. The predicted octanol–water partition coefficient (Wildman–Crippen LogP) is 4.46. The van der Waals surface area contributed by atoms with Crippen LogP contribution >= 0.6 is 23.1 Å². The SMILES string of the molecule is O=C(Nc1nnc(SCc2ccccc2)s1)C1CCCN(C(=O)c2ccc(F)cc2)C1. The summed E-state index contributed by atoms with van der Waals surface area (Å²) in [5.74, 6) is -0.263. The van der Waals surface area contributed by atoms with Gasteiger partial charge in [-0.2, -0.15) is 0 Å². The molecule has 1 saturated heterocycles. The van der Waals surface area contributed by atoms with Gasteiger partial charge in [-0.1, -0.05) is 53.4 Å². The number of carbonyl (C=O) groups is 2. The lowest BCUT2D eigenvalue weighted by Gasteiger charge is -2.32. The monoisotopic (exact) mass is 456 g/mol. The number of thioether (sulfide) groups is 1. The van der Waals surface area contributed by atoms with Crippen molar-refractivity contribution in [2.75, 3.05) is 18.4 Å². The second-order valence-electron chi connectivity index (χ2n) is 7.23. The van der Waals surface area contributed by atoms with E-state index in [1.165, 1.54) is 41.2 Å². The summed E-state index contributed by atoms with van der Waals surface area (Å²) in [5.41, 5.74) is 1.62. The first kappa shape index (κ1) is 21.5. The van der Waals surface area contributed by atoms with Gasteiger partial charge in [-0.3, -0.25) is 9.59 Å². The van der Waals surface area contributed by atoms with Gasteiger partial charge < -0.3 is 10.2 Å². The van der Waals surface area contributed by atoms with Gasteiger partial charge in [0.1, 0.15) is 5.82 Å². The number of amides is 2. The van der Waals surface area contributed by atoms with Crippen LogP contribution in [0, 0.1) is 11.7 Å². The second-order valence-corrected chi connectivity index (χ2v) is 9.43. The lowest BCUT2D eigenvalue weighted by molar-refractivity contribution is -0.121. The Morgan fingerprint density at radius 3 is 2.68 bits per heavy atom. The number of anilines is 1. The van der Waals surface area contributed by atoms with E-state index in [-0.39, 0.29) is 23.5 Å². The van der Waals surface area contributed by atoms with Crippen molar-refractivity contribution in [3.8, 4) is 0 Å². The Morgan fingerprint density at radius 1 is 1.13 bits per heavy atom. The maximum absolute atomic E-state index is 13.1. The fourth-order valence-electron chi connectivity index (χ4n) is 3.40. The van der Waals surface area contributed by atoms with Crippen LogP contribution in [-0.4, -0.2) is 40.0 Å². The molecule has 6 nitrogen and oxygen atoms in total. The molecule has 0 saturated carbocycles. The van der Waals surface area contributed by atoms with Crippen molar-refractivity contribution >= 4 is 40.0 Å². The van der Waals surface area contributed by atoms with Crippen LogP contribution in [0.25, 0.3) is 0 Å². The molecular weight excluding hydrogens is 435 g/mol. The lowest BCUT2D eigenvalue weighted by Crippen LogP contribution is -2.43. The number of hydrogen-bond acceptors (Lipinski definition) is 6. The molecule has 1 fully saturated rings. The summed E-state index contributed by atoms with van der Waals surface area (Å²) in [4.78, 5) is 27.1. The number of likely N-dealkylation sites (tertiary alicyclic amines) is 1. The Morgan fingerprint density at radius 2 is 1.90 bits per heavy atom. The van der Waals surface area contributed by atoms with Crippen LogP contribution in [0.4, 0.5) is 9.52 Å². The first-order valence-corrected chi connectivity index (χ1v) is 11.7. The molecule has 1 aliphatic heterocycles. The van der Waals surface area contributed by atoms with Gasteiger partial charge in [-0.15, -0.1) is 10.2 Å². The zero-order valence-electron chi connectivity index (χ0n) is 16.7. The van der Waals surface area contributed by atoms with E-state index in [1.54, 1.807) is 16.7 Å². The Balaban J connectivity index is 1.31. The number of benzene rings is 2. The maximum Gasteiger partial charge on any atom is 0.253 e. The van der Waals surface area contributed by atoms with Crippen LogP contribution < -0.4 is 5.32 Å². The molecule has 160 valence electrons. The number of hydrogen-bond donors (Lipinski definition) is 1. The van der Waals surface area contributed by atoms with Gasteiger partial charge >= 0.3 is 0 Å². The molecule has 2 aromatic carbocycles. The highest BCUT2D eigenvalue weighted by atomic mass is 32.2. The van der Waals surface area contributed by atoms with Crippen molar-refractivity contribution < 1.29 is 14.0 Å². The van der Waals surface area contributed by atoms with Gasteiger partial charge in [0.05, 0.1) is 5.92 Å². The maximum atomic E-state index is 13.1. The van der Waals surface area contributed by atoms with Crippen LogP contribution in [0.1, 0.15) is 28.8 Å². The number of carbonyl (C=O) groups excluding carboxylic acids is 2. The predicted molar refractivity (Wildman–Crippen MR) is 120 cm³/mol. The van der Waals surface area contributed by atoms with Gasteiger partial charge in [-0.25, -0.2) is 4.39 Å². The van der Waals surface area contributed by atoms with E-state index in [0.29, 0.717) is 30.2 Å². The van der Waals surface area contributed by atoms with E-state index in [0.717, 1.165) is 16.5 Å². The van der Waals surface area contributed by atoms with Crippen LogP contribution in [0.5, 0.6) is 0 Å². The molecule has 1 N–H and O–H groups in total. The van der Waals surface area contributed by atoms with Crippen molar-refractivity contribution in [2.24, 2.45) is 5.92 Å². The van der Waals surface area contributed by atoms with Crippen molar-refractivity contribution in [3.63, 3.8) is 0 Å². The van der Waals surface area contributed by atoms with Crippen molar-refractivity contribution in [2.45, 2.75) is 22.9 Å². The number of nitrogens with zero attached hydrogens (tertiary/aromatic N) is 3. The molecule has 1 unspecified atom stereocenters. The number of piperidine rings is 1. The van der Waals surface area contributed by atoms with Gasteiger partial charge in [0.15, 0.2) is 4.34 Å². The van der Waals surface area contributed by atoms with Crippen LogP contribution in [0.15, 0.2) is 58.9 Å². The first-order chi connectivity index (χ1) is 15.1. The number of nitrogens with one attached hydrogen (secondary N) is 1. The molecule has 4 rings (SSSR count). The quantitative estimate of drug-likeness (QED) is 0.438. The third kappa shape index (κ3) is 5.68. The van der Waals surface area contributed by atoms with Crippen molar-refractivity contribution in [3.05, 3.63) is 71.5 Å². The summed E-state index contributed by atoms with van der Waals surface area (Å²) >= 11 is 2.92. The summed E-state index contributed by atoms with van der Waals surface area (Å²) in [6, 6.07) is 15.6. The Hall–Kier alpha value is -2.78. The third-order valence-corrected chi connectivity index (χ3v) is 7.06. The zero-order valence-corrected chi connectivity index (χ0v) is 18.3. The molecular formula is C22H21FN4O2S2. The minimum atomic E-state index is -0.384. The largest absolute Gasteiger partial charge is 0.338 e. The zero-order chi connectivity index (χ0) is 21.6. The summed E-state index contributed by atoms with van der Waals surface area (Å²) in [5, 5.41) is 11.5. The second kappa shape index (κ2) is 10.0. The van der Waals surface area contributed by atoms with Crippen molar-refractivity contribution in [1.82, 2.24) is 15.1 Å². The average Bonchev–Trinajstić information content (AvgIpc) is 3.26. The van der Waals surface area contributed by atoms with Gasteiger partial charge in [0.2, 0.25) is 11.0 Å². The number of rotatable bonds is 6. The highest BCUT2D eigenvalue weighted by molar-refractivity contribution is 8.00. The molecule has 9 heteroatoms. The molecule has 0 spiro atoms. The molecule has 3 aromatic rings. The summed E-state index contributed by atoms with van der Waals surface area (Å²) in [7, 11) is 0. The van der Waals surface area contributed by atoms with Gasteiger partial charge in [0.25, 0.3) is 5.91 Å². The van der Waals surface area contributed by atoms with E-state index in [9.17, 15) is 14.0 Å². The minimum absolute atomic E-state index is 0.160. The van der Waals surface area contributed by atoms with Crippen molar-refractivity contribution in [1.29, 1.82) is 0 Å². The van der Waals surface area contributed by atoms with Crippen LogP contribution in [-0.2, 0) is 10.5 Å². The van der Waals surface area contributed by atoms with E-state index in [1.807, 2.05) is 18.2 Å². The normalized spacial score (nSPS) is 16.2.